The van der Waals surface area contributed by atoms with Crippen molar-refractivity contribution in [1.82, 2.24) is 24.5 Å². The summed E-state index contributed by atoms with van der Waals surface area (Å²) in [7, 11) is -3.51. The van der Waals surface area contributed by atoms with Gasteiger partial charge in [0.05, 0.1) is 36.9 Å². The van der Waals surface area contributed by atoms with E-state index in [1.54, 1.807) is 35.4 Å². The summed E-state index contributed by atoms with van der Waals surface area (Å²) in [4.78, 5) is 22.9. The maximum Gasteiger partial charge on any atom is 0.318 e. The van der Waals surface area contributed by atoms with Crippen molar-refractivity contribution in [2.24, 2.45) is 0 Å². The molecule has 0 spiro atoms. The monoisotopic (exact) mass is 417 g/mol. The van der Waals surface area contributed by atoms with E-state index in [1.165, 1.54) is 4.31 Å². The van der Waals surface area contributed by atoms with Crippen molar-refractivity contribution in [3.63, 3.8) is 0 Å². The Balaban J connectivity index is 1.34. The van der Waals surface area contributed by atoms with Gasteiger partial charge in [0.2, 0.25) is 10.0 Å². The second-order valence-corrected chi connectivity index (χ2v) is 9.00. The number of sulfonamides is 1. The number of hydrogen-bond acceptors (Lipinski definition) is 6. The molecule has 1 aromatic heterocycles. The Hall–Kier alpha value is -2.56. The largest absolute Gasteiger partial charge is 0.379 e. The number of rotatable bonds is 4. The third-order valence-corrected chi connectivity index (χ3v) is 6.95. The number of morpholine rings is 1. The summed E-state index contributed by atoms with van der Waals surface area (Å²) in [5, 5.41) is 2.87. The van der Waals surface area contributed by atoms with Gasteiger partial charge in [0.1, 0.15) is 5.82 Å². The number of carbonyl (C=O) groups excluding carboxylic acids is 1. The molecule has 1 aromatic carbocycles. The van der Waals surface area contributed by atoms with Crippen LogP contribution in [0.25, 0.3) is 0 Å². The number of aromatic nitrogens is 2. The summed E-state index contributed by atoms with van der Waals surface area (Å²) < 4.78 is 32.0. The number of fused-ring (bicyclic) bond motifs is 1. The number of ether oxygens (including phenoxy) is 1. The Morgan fingerprint density at radius 3 is 2.62 bits per heavy atom. The van der Waals surface area contributed by atoms with Gasteiger partial charge >= 0.3 is 6.03 Å². The van der Waals surface area contributed by atoms with Gasteiger partial charge in [-0.3, -0.25) is 0 Å². The zero-order chi connectivity index (χ0) is 20.4. The molecule has 4 rings (SSSR count). The van der Waals surface area contributed by atoms with Crippen molar-refractivity contribution in [3.05, 3.63) is 53.1 Å². The Morgan fingerprint density at radius 1 is 1.17 bits per heavy atom. The van der Waals surface area contributed by atoms with Gasteiger partial charge in [-0.05, 0) is 24.6 Å². The van der Waals surface area contributed by atoms with Gasteiger partial charge in [-0.2, -0.15) is 4.31 Å². The predicted molar refractivity (Wildman–Crippen MR) is 104 cm³/mol. The molecule has 2 aliphatic heterocycles. The van der Waals surface area contributed by atoms with Gasteiger partial charge in [-0.25, -0.2) is 23.2 Å². The van der Waals surface area contributed by atoms with E-state index < -0.39 is 10.0 Å². The van der Waals surface area contributed by atoms with Gasteiger partial charge in [0.25, 0.3) is 0 Å². The minimum atomic E-state index is -3.51. The third kappa shape index (κ3) is 4.24. The Labute approximate surface area is 169 Å². The fourth-order valence-electron chi connectivity index (χ4n) is 3.40. The normalized spacial score (nSPS) is 17.2. The molecule has 154 valence electrons. The first-order valence-electron chi connectivity index (χ1n) is 9.44. The van der Waals surface area contributed by atoms with E-state index in [9.17, 15) is 13.2 Å². The Bertz CT molecular complexity index is 1000. The number of carbonyl (C=O) groups is 1. The molecule has 1 saturated heterocycles. The Kier molecular flexibility index (Phi) is 5.48. The summed E-state index contributed by atoms with van der Waals surface area (Å²) in [5.74, 6) is 0.693. The highest BCUT2D eigenvalue weighted by Gasteiger charge is 2.27. The highest BCUT2D eigenvalue weighted by molar-refractivity contribution is 7.89. The molecule has 1 N–H and O–H groups in total. The first-order valence-corrected chi connectivity index (χ1v) is 10.9. The van der Waals surface area contributed by atoms with Crippen molar-refractivity contribution in [1.29, 1.82) is 0 Å². The maximum atomic E-state index is 12.7. The first-order chi connectivity index (χ1) is 13.9. The van der Waals surface area contributed by atoms with E-state index in [2.05, 4.69) is 15.3 Å². The lowest BCUT2D eigenvalue weighted by atomic mass is 10.2. The number of aryl methyl sites for hydroxylation is 1. The standard InChI is InChI=1S/C19H23N5O4S/c1-14-20-11-16-12-23(13-18(16)22-14)19(25)21-10-15-2-4-17(5-3-15)29(26,27)24-6-8-28-9-7-24/h2-5,11H,6-10,12-13H2,1H3,(H,21,25). The van der Waals surface area contributed by atoms with Crippen LogP contribution in [-0.4, -0.2) is 59.9 Å². The van der Waals surface area contributed by atoms with Gasteiger partial charge in [0, 0.05) is 31.4 Å². The number of nitrogens with zero attached hydrogens (tertiary/aromatic N) is 4. The summed E-state index contributed by atoms with van der Waals surface area (Å²) in [6.07, 6.45) is 1.76. The van der Waals surface area contributed by atoms with Crippen molar-refractivity contribution in [2.45, 2.75) is 31.5 Å². The molecule has 0 unspecified atom stereocenters. The molecule has 3 heterocycles. The minimum absolute atomic E-state index is 0.189. The molecule has 0 bridgehead atoms. The Morgan fingerprint density at radius 2 is 1.90 bits per heavy atom. The summed E-state index contributed by atoms with van der Waals surface area (Å²) in [6.45, 7) is 4.63. The molecule has 0 atom stereocenters. The molecule has 0 radical (unpaired) electrons. The van der Waals surface area contributed by atoms with Crippen LogP contribution in [-0.2, 0) is 34.4 Å². The molecule has 0 aliphatic carbocycles. The van der Waals surface area contributed by atoms with Crippen LogP contribution in [0.4, 0.5) is 4.79 Å². The average molecular weight is 417 g/mol. The van der Waals surface area contributed by atoms with Crippen LogP contribution in [0.2, 0.25) is 0 Å². The zero-order valence-corrected chi connectivity index (χ0v) is 17.0. The summed E-state index contributed by atoms with van der Waals surface area (Å²) in [6, 6.07) is 6.42. The van der Waals surface area contributed by atoms with E-state index in [0.29, 0.717) is 51.8 Å². The van der Waals surface area contributed by atoms with Gasteiger partial charge in [-0.1, -0.05) is 12.1 Å². The minimum Gasteiger partial charge on any atom is -0.379 e. The van der Waals surface area contributed by atoms with E-state index in [-0.39, 0.29) is 10.9 Å². The quantitative estimate of drug-likeness (QED) is 0.797. The molecule has 29 heavy (non-hydrogen) atoms. The molecule has 1 fully saturated rings. The van der Waals surface area contributed by atoms with E-state index in [0.717, 1.165) is 16.8 Å². The highest BCUT2D eigenvalue weighted by atomic mass is 32.2. The lowest BCUT2D eigenvalue weighted by Crippen LogP contribution is -2.40. The topological polar surface area (TPSA) is 105 Å². The second kappa shape index (κ2) is 8.05. The number of benzene rings is 1. The molecule has 2 amide bonds. The van der Waals surface area contributed by atoms with Crippen molar-refractivity contribution in [3.8, 4) is 0 Å². The number of amides is 2. The van der Waals surface area contributed by atoms with E-state index >= 15 is 0 Å². The van der Waals surface area contributed by atoms with Crippen molar-refractivity contribution < 1.29 is 17.9 Å². The van der Waals surface area contributed by atoms with E-state index in [4.69, 9.17) is 4.74 Å². The predicted octanol–water partition coefficient (Wildman–Crippen LogP) is 1.03. The van der Waals surface area contributed by atoms with Crippen LogP contribution >= 0.6 is 0 Å². The first kappa shape index (κ1) is 19.7. The average Bonchev–Trinajstić information content (AvgIpc) is 3.16. The number of nitrogens with one attached hydrogen (secondary N) is 1. The number of hydrogen-bond donors (Lipinski definition) is 1. The van der Waals surface area contributed by atoms with Gasteiger partial charge < -0.3 is 15.0 Å². The van der Waals surface area contributed by atoms with Crippen molar-refractivity contribution in [2.75, 3.05) is 26.3 Å². The molecule has 2 aromatic rings. The van der Waals surface area contributed by atoms with Crippen LogP contribution in [0.5, 0.6) is 0 Å². The molecular formula is C19H23N5O4S. The van der Waals surface area contributed by atoms with Crippen LogP contribution < -0.4 is 5.32 Å². The highest BCUT2D eigenvalue weighted by Crippen LogP contribution is 2.20. The van der Waals surface area contributed by atoms with Crippen LogP contribution in [0, 0.1) is 6.92 Å². The fourth-order valence-corrected chi connectivity index (χ4v) is 4.81. The van der Waals surface area contributed by atoms with E-state index in [1.807, 2.05) is 6.92 Å². The SMILES string of the molecule is Cc1ncc2c(n1)CN(C(=O)NCc1ccc(S(=O)(=O)N3CCOCC3)cc1)C2. The maximum absolute atomic E-state index is 12.7. The van der Waals surface area contributed by atoms with Gasteiger partial charge in [0.15, 0.2) is 0 Å². The van der Waals surface area contributed by atoms with Crippen molar-refractivity contribution >= 4 is 16.1 Å². The van der Waals surface area contributed by atoms with Crippen LogP contribution in [0.3, 0.4) is 0 Å². The molecule has 0 saturated carbocycles. The zero-order valence-electron chi connectivity index (χ0n) is 16.2. The molecule has 10 heteroatoms. The van der Waals surface area contributed by atoms with Gasteiger partial charge in [-0.15, -0.1) is 0 Å². The summed E-state index contributed by atoms with van der Waals surface area (Å²) in [5.41, 5.74) is 2.67. The van der Waals surface area contributed by atoms with Crippen LogP contribution in [0.1, 0.15) is 22.6 Å². The molecular weight excluding hydrogens is 394 g/mol. The lowest BCUT2D eigenvalue weighted by molar-refractivity contribution is 0.0730. The lowest BCUT2D eigenvalue weighted by Gasteiger charge is -2.26. The third-order valence-electron chi connectivity index (χ3n) is 5.04. The second-order valence-electron chi connectivity index (χ2n) is 7.06. The summed E-state index contributed by atoms with van der Waals surface area (Å²) >= 11 is 0. The van der Waals surface area contributed by atoms with Crippen LogP contribution in [0.15, 0.2) is 35.4 Å². The fraction of sp³-hybridized carbons (Fsp3) is 0.421. The molecule has 9 nitrogen and oxygen atoms in total. The smallest absolute Gasteiger partial charge is 0.318 e. The molecule has 2 aliphatic rings. The number of urea groups is 1.